The molecular formula is C27H29N3O4. The number of hydrogen-bond donors (Lipinski definition) is 2. The van der Waals surface area contributed by atoms with Gasteiger partial charge in [0.2, 0.25) is 5.91 Å². The van der Waals surface area contributed by atoms with Gasteiger partial charge in [-0.2, -0.15) is 0 Å². The van der Waals surface area contributed by atoms with Crippen LogP contribution >= 0.6 is 0 Å². The zero-order valence-electron chi connectivity index (χ0n) is 19.4. The van der Waals surface area contributed by atoms with E-state index in [1.165, 1.54) is 7.11 Å². The fraction of sp³-hybridized carbons (Fsp3) is 0.259. The van der Waals surface area contributed by atoms with E-state index in [1.807, 2.05) is 59.5 Å². The van der Waals surface area contributed by atoms with E-state index in [9.17, 15) is 9.59 Å². The summed E-state index contributed by atoms with van der Waals surface area (Å²) in [5.41, 5.74) is 3.75. The number of likely N-dealkylation sites (tertiary alicyclic amines) is 1. The van der Waals surface area contributed by atoms with Crippen molar-refractivity contribution < 1.29 is 19.1 Å². The molecule has 1 aliphatic heterocycles. The first-order valence-electron chi connectivity index (χ1n) is 11.3. The Morgan fingerprint density at radius 3 is 2.35 bits per heavy atom. The zero-order valence-corrected chi connectivity index (χ0v) is 19.4. The molecule has 7 heteroatoms. The minimum absolute atomic E-state index is 0.163. The number of anilines is 2. The lowest BCUT2D eigenvalue weighted by Gasteiger charge is -2.17. The third kappa shape index (κ3) is 5.81. The van der Waals surface area contributed by atoms with Crippen molar-refractivity contribution >= 4 is 23.2 Å². The number of benzene rings is 3. The molecule has 1 fully saturated rings. The summed E-state index contributed by atoms with van der Waals surface area (Å²) in [7, 11) is 3.22. The highest BCUT2D eigenvalue weighted by molar-refractivity contribution is 6.06. The molecule has 1 heterocycles. The highest BCUT2D eigenvalue weighted by Crippen LogP contribution is 2.27. The summed E-state index contributed by atoms with van der Waals surface area (Å²) >= 11 is 0. The van der Waals surface area contributed by atoms with Crippen LogP contribution in [0.25, 0.3) is 11.1 Å². The van der Waals surface area contributed by atoms with E-state index >= 15 is 0 Å². The molecule has 0 radical (unpaired) electrons. The third-order valence-electron chi connectivity index (χ3n) is 5.92. The number of nitrogens with one attached hydrogen (secondary N) is 2. The first-order chi connectivity index (χ1) is 16.6. The lowest BCUT2D eigenvalue weighted by molar-refractivity contribution is -0.117. The summed E-state index contributed by atoms with van der Waals surface area (Å²) in [4.78, 5) is 27.5. The smallest absolute Gasteiger partial charge is 0.255 e. The van der Waals surface area contributed by atoms with Crippen LogP contribution in [0.3, 0.4) is 0 Å². The van der Waals surface area contributed by atoms with Gasteiger partial charge >= 0.3 is 0 Å². The molecule has 0 bridgehead atoms. The molecule has 4 rings (SSSR count). The molecular weight excluding hydrogens is 430 g/mol. The van der Waals surface area contributed by atoms with Crippen molar-refractivity contribution in [1.82, 2.24) is 4.90 Å². The van der Waals surface area contributed by atoms with Crippen LogP contribution in [0.15, 0.2) is 72.8 Å². The van der Waals surface area contributed by atoms with E-state index < -0.39 is 0 Å². The van der Waals surface area contributed by atoms with E-state index in [4.69, 9.17) is 9.47 Å². The van der Waals surface area contributed by atoms with Crippen molar-refractivity contribution in [3.8, 4) is 16.9 Å². The van der Waals surface area contributed by atoms with Crippen LogP contribution in [0.2, 0.25) is 0 Å². The molecule has 1 aliphatic rings. The summed E-state index contributed by atoms with van der Waals surface area (Å²) < 4.78 is 10.7. The number of hydrogen-bond acceptors (Lipinski definition) is 5. The molecule has 1 atom stereocenters. The van der Waals surface area contributed by atoms with Crippen LogP contribution in [0, 0.1) is 0 Å². The largest absolute Gasteiger partial charge is 0.495 e. The maximum Gasteiger partial charge on any atom is 0.255 e. The molecule has 3 aromatic rings. The van der Waals surface area contributed by atoms with Crippen LogP contribution in [0.5, 0.6) is 5.75 Å². The molecule has 176 valence electrons. The van der Waals surface area contributed by atoms with E-state index in [0.717, 1.165) is 30.6 Å². The number of nitrogens with zero attached hydrogens (tertiary/aromatic N) is 1. The van der Waals surface area contributed by atoms with Crippen LogP contribution in [-0.4, -0.2) is 56.7 Å². The fourth-order valence-electron chi connectivity index (χ4n) is 4.05. The Labute approximate surface area is 199 Å². The SMILES string of the molecule is COc1ccc(C(=O)Nc2ccc(-c3ccccc3)cc2)cc1NC(=O)CN1CCC(OC)C1. The average Bonchev–Trinajstić information content (AvgIpc) is 3.32. The first kappa shape index (κ1) is 23.5. The number of rotatable bonds is 8. The number of ether oxygens (including phenoxy) is 2. The second-order valence-electron chi connectivity index (χ2n) is 8.24. The second kappa shape index (κ2) is 11.0. The molecule has 0 aliphatic carbocycles. The van der Waals surface area contributed by atoms with Gasteiger partial charge in [0, 0.05) is 31.5 Å². The van der Waals surface area contributed by atoms with Crippen molar-refractivity contribution in [2.24, 2.45) is 0 Å². The van der Waals surface area contributed by atoms with Gasteiger partial charge in [-0.05, 0) is 47.9 Å². The van der Waals surface area contributed by atoms with Crippen molar-refractivity contribution in [3.63, 3.8) is 0 Å². The molecule has 34 heavy (non-hydrogen) atoms. The van der Waals surface area contributed by atoms with Gasteiger partial charge in [-0.15, -0.1) is 0 Å². The van der Waals surface area contributed by atoms with Gasteiger partial charge in [-0.3, -0.25) is 14.5 Å². The molecule has 3 aromatic carbocycles. The summed E-state index contributed by atoms with van der Waals surface area (Å²) in [6, 6.07) is 22.7. The van der Waals surface area contributed by atoms with Gasteiger partial charge < -0.3 is 20.1 Å². The molecule has 0 spiro atoms. The van der Waals surface area contributed by atoms with E-state index in [-0.39, 0.29) is 24.5 Å². The van der Waals surface area contributed by atoms with Crippen molar-refractivity contribution in [1.29, 1.82) is 0 Å². The summed E-state index contributed by atoms with van der Waals surface area (Å²) in [5, 5.41) is 5.79. The topological polar surface area (TPSA) is 79.9 Å². The first-order valence-corrected chi connectivity index (χ1v) is 11.3. The monoisotopic (exact) mass is 459 g/mol. The number of carbonyl (C=O) groups excluding carboxylic acids is 2. The molecule has 2 N–H and O–H groups in total. The van der Waals surface area contributed by atoms with Gasteiger partial charge in [0.1, 0.15) is 5.75 Å². The minimum Gasteiger partial charge on any atom is -0.495 e. The molecule has 1 unspecified atom stereocenters. The Morgan fingerprint density at radius 2 is 1.68 bits per heavy atom. The Kier molecular flexibility index (Phi) is 7.57. The Bertz CT molecular complexity index is 1130. The fourth-order valence-corrected chi connectivity index (χ4v) is 4.05. The number of amides is 2. The molecule has 7 nitrogen and oxygen atoms in total. The molecule has 1 saturated heterocycles. The Hall–Kier alpha value is -3.68. The maximum absolute atomic E-state index is 12.9. The second-order valence-corrected chi connectivity index (χ2v) is 8.24. The van der Waals surface area contributed by atoms with Crippen LogP contribution in [0.4, 0.5) is 11.4 Å². The van der Waals surface area contributed by atoms with Crippen molar-refractivity contribution in [3.05, 3.63) is 78.4 Å². The van der Waals surface area contributed by atoms with E-state index in [2.05, 4.69) is 10.6 Å². The van der Waals surface area contributed by atoms with Crippen LogP contribution in [-0.2, 0) is 9.53 Å². The van der Waals surface area contributed by atoms with Crippen LogP contribution < -0.4 is 15.4 Å². The predicted octanol–water partition coefficient (Wildman–Crippen LogP) is 4.27. The zero-order chi connectivity index (χ0) is 23.9. The average molecular weight is 460 g/mol. The Balaban J connectivity index is 1.41. The van der Waals surface area contributed by atoms with Crippen molar-refractivity contribution in [2.45, 2.75) is 12.5 Å². The van der Waals surface area contributed by atoms with E-state index in [0.29, 0.717) is 22.7 Å². The molecule has 0 saturated carbocycles. The summed E-state index contributed by atoms with van der Waals surface area (Å²) in [6.45, 7) is 1.80. The van der Waals surface area contributed by atoms with Gasteiger partial charge in [-0.25, -0.2) is 0 Å². The predicted molar refractivity (Wildman–Crippen MR) is 133 cm³/mol. The number of carbonyl (C=O) groups is 2. The van der Waals surface area contributed by atoms with Crippen LogP contribution in [0.1, 0.15) is 16.8 Å². The third-order valence-corrected chi connectivity index (χ3v) is 5.92. The molecule has 0 aromatic heterocycles. The maximum atomic E-state index is 12.9. The van der Waals surface area contributed by atoms with Gasteiger partial charge in [0.05, 0.1) is 25.4 Å². The highest BCUT2D eigenvalue weighted by Gasteiger charge is 2.24. The van der Waals surface area contributed by atoms with Gasteiger partial charge in [-0.1, -0.05) is 42.5 Å². The standard InChI is InChI=1S/C27H29N3O4/c1-33-23-14-15-30(17-23)18-26(31)29-24-16-21(10-13-25(24)34-2)27(32)28-22-11-8-20(9-12-22)19-6-4-3-5-7-19/h3-13,16,23H,14-15,17-18H2,1-2H3,(H,28,32)(H,29,31). The van der Waals surface area contributed by atoms with E-state index in [1.54, 1.807) is 25.3 Å². The summed E-state index contributed by atoms with van der Waals surface area (Å²) in [6.07, 6.45) is 1.07. The quantitative estimate of drug-likeness (QED) is 0.526. The lowest BCUT2D eigenvalue weighted by Crippen LogP contribution is -2.32. The molecule has 2 amide bonds. The Morgan fingerprint density at radius 1 is 0.941 bits per heavy atom. The lowest BCUT2D eigenvalue weighted by atomic mass is 10.1. The highest BCUT2D eigenvalue weighted by atomic mass is 16.5. The summed E-state index contributed by atoms with van der Waals surface area (Å²) in [5.74, 6) is 0.0607. The normalized spacial score (nSPS) is 15.6. The van der Waals surface area contributed by atoms with Gasteiger partial charge in [0.15, 0.2) is 0 Å². The number of methoxy groups -OCH3 is 2. The minimum atomic E-state index is -0.270. The van der Waals surface area contributed by atoms with Crippen molar-refractivity contribution in [2.75, 3.05) is 44.5 Å². The van der Waals surface area contributed by atoms with Gasteiger partial charge in [0.25, 0.3) is 5.91 Å².